The lowest BCUT2D eigenvalue weighted by molar-refractivity contribution is -0.137. The van der Waals surface area contributed by atoms with Gasteiger partial charge < -0.3 is 15.4 Å². The molecule has 1 fully saturated rings. The number of rotatable bonds is 7. The van der Waals surface area contributed by atoms with Gasteiger partial charge in [0.15, 0.2) is 0 Å². The molecule has 1 saturated carbocycles. The Labute approximate surface area is 115 Å². The van der Waals surface area contributed by atoms with E-state index in [1.807, 2.05) is 0 Å². The van der Waals surface area contributed by atoms with Crippen molar-refractivity contribution in [2.24, 2.45) is 5.92 Å². The highest BCUT2D eigenvalue weighted by atomic mass is 19.4. The Morgan fingerprint density at radius 1 is 1.30 bits per heavy atom. The molecule has 7 heteroatoms. The lowest BCUT2D eigenvalue weighted by atomic mass is 10.2. The average Bonchev–Trinajstić information content (AvgIpc) is 3.21. The number of halogens is 3. The first-order chi connectivity index (χ1) is 9.49. The van der Waals surface area contributed by atoms with Crippen molar-refractivity contribution in [1.29, 1.82) is 0 Å². The predicted octanol–water partition coefficient (Wildman–Crippen LogP) is 2.98. The Morgan fingerprint density at radius 2 is 2.00 bits per heavy atom. The molecule has 0 aromatic carbocycles. The molecule has 1 aromatic rings. The van der Waals surface area contributed by atoms with Gasteiger partial charge in [-0.1, -0.05) is 0 Å². The molecule has 0 radical (unpaired) electrons. The summed E-state index contributed by atoms with van der Waals surface area (Å²) in [5, 5.41) is 5.47. The minimum absolute atomic E-state index is 0.182. The zero-order valence-electron chi connectivity index (χ0n) is 11.3. The van der Waals surface area contributed by atoms with E-state index in [-0.39, 0.29) is 11.6 Å². The van der Waals surface area contributed by atoms with E-state index in [1.165, 1.54) is 19.9 Å². The van der Waals surface area contributed by atoms with Gasteiger partial charge in [0.25, 0.3) is 0 Å². The number of hydrogen-bond acceptors (Lipinski definition) is 4. The molecule has 2 rings (SSSR count). The van der Waals surface area contributed by atoms with Gasteiger partial charge in [0.2, 0.25) is 0 Å². The van der Waals surface area contributed by atoms with Gasteiger partial charge in [-0.25, -0.2) is 4.98 Å². The summed E-state index contributed by atoms with van der Waals surface area (Å²) in [4.78, 5) is 4.03. The lowest BCUT2D eigenvalue weighted by Gasteiger charge is -2.12. The maximum absolute atomic E-state index is 12.7. The molecule has 2 N–H and O–H groups in total. The van der Waals surface area contributed by atoms with Crippen LogP contribution in [0.15, 0.2) is 12.1 Å². The van der Waals surface area contributed by atoms with Crippen LogP contribution < -0.4 is 10.6 Å². The smallest absolute Gasteiger partial charge is 0.379 e. The minimum atomic E-state index is -4.38. The summed E-state index contributed by atoms with van der Waals surface area (Å²) < 4.78 is 43.5. The lowest BCUT2D eigenvalue weighted by Crippen LogP contribution is -2.14. The normalized spacial score (nSPS) is 15.2. The highest BCUT2D eigenvalue weighted by molar-refractivity contribution is 5.49. The van der Waals surface area contributed by atoms with Crippen molar-refractivity contribution >= 4 is 11.6 Å². The van der Waals surface area contributed by atoms with Gasteiger partial charge in [-0.3, -0.25) is 0 Å². The molecular weight excluding hydrogens is 271 g/mol. The topological polar surface area (TPSA) is 46.2 Å². The van der Waals surface area contributed by atoms with E-state index in [9.17, 15) is 13.2 Å². The third-order valence-corrected chi connectivity index (χ3v) is 3.01. The van der Waals surface area contributed by atoms with Gasteiger partial charge in [0.1, 0.15) is 11.6 Å². The van der Waals surface area contributed by atoms with Crippen molar-refractivity contribution < 1.29 is 17.9 Å². The molecule has 0 atom stereocenters. The number of nitrogens with zero attached hydrogens (tertiary/aromatic N) is 1. The summed E-state index contributed by atoms with van der Waals surface area (Å²) in [5.74, 6) is 1.05. The van der Waals surface area contributed by atoms with E-state index >= 15 is 0 Å². The first-order valence-corrected chi connectivity index (χ1v) is 6.57. The van der Waals surface area contributed by atoms with Crippen LogP contribution in [0.3, 0.4) is 0 Å². The third-order valence-electron chi connectivity index (χ3n) is 3.01. The fourth-order valence-electron chi connectivity index (χ4n) is 1.70. The van der Waals surface area contributed by atoms with Crippen LogP contribution in [0.1, 0.15) is 18.4 Å². The number of hydrogen-bond donors (Lipinski definition) is 2. The number of pyridine rings is 1. The van der Waals surface area contributed by atoms with Gasteiger partial charge in [0.05, 0.1) is 12.2 Å². The monoisotopic (exact) mass is 289 g/mol. The van der Waals surface area contributed by atoms with Crippen molar-refractivity contribution in [1.82, 2.24) is 4.98 Å². The molecule has 0 spiro atoms. The molecule has 0 amide bonds. The van der Waals surface area contributed by atoms with Crippen LogP contribution in [-0.2, 0) is 10.9 Å². The quantitative estimate of drug-likeness (QED) is 0.758. The molecule has 1 heterocycles. The number of alkyl halides is 3. The third kappa shape index (κ3) is 4.56. The van der Waals surface area contributed by atoms with Gasteiger partial charge in [-0.05, 0) is 30.9 Å². The number of aromatic nitrogens is 1. The number of nitrogens with one attached hydrogen (secondary N) is 2. The molecule has 0 unspecified atom stereocenters. The molecule has 4 nitrogen and oxygen atoms in total. The fourth-order valence-corrected chi connectivity index (χ4v) is 1.70. The van der Waals surface area contributed by atoms with Crippen molar-refractivity contribution in [2.45, 2.75) is 19.0 Å². The van der Waals surface area contributed by atoms with Crippen molar-refractivity contribution in [3.63, 3.8) is 0 Å². The van der Waals surface area contributed by atoms with Crippen molar-refractivity contribution in [3.8, 4) is 0 Å². The van der Waals surface area contributed by atoms with Crippen LogP contribution in [0, 0.1) is 5.92 Å². The first kappa shape index (κ1) is 14.9. The van der Waals surface area contributed by atoms with Crippen LogP contribution in [0.25, 0.3) is 0 Å². The van der Waals surface area contributed by atoms with E-state index in [0.717, 1.165) is 18.7 Å². The average molecular weight is 289 g/mol. The summed E-state index contributed by atoms with van der Waals surface area (Å²) in [6, 6.07) is 1.98. The predicted molar refractivity (Wildman–Crippen MR) is 70.8 cm³/mol. The molecule has 1 aromatic heterocycles. The summed E-state index contributed by atoms with van der Waals surface area (Å²) in [6.07, 6.45) is -1.95. The Morgan fingerprint density at radius 3 is 2.60 bits per heavy atom. The SMILES string of the molecule is CNc1cc(C(F)(F)F)cc(NCCOCC2CC2)n1. The van der Waals surface area contributed by atoms with Crippen molar-refractivity contribution in [2.75, 3.05) is 37.4 Å². The Hall–Kier alpha value is -1.50. The van der Waals surface area contributed by atoms with Crippen LogP contribution in [0.2, 0.25) is 0 Å². The molecule has 1 aliphatic rings. The molecule has 112 valence electrons. The zero-order valence-corrected chi connectivity index (χ0v) is 11.3. The second-order valence-corrected chi connectivity index (χ2v) is 4.82. The summed E-state index contributed by atoms with van der Waals surface area (Å²) >= 11 is 0. The molecule has 0 saturated heterocycles. The summed E-state index contributed by atoms with van der Waals surface area (Å²) in [5.41, 5.74) is -0.724. The molecule has 0 aliphatic heterocycles. The number of ether oxygens (including phenoxy) is 1. The second kappa shape index (κ2) is 6.30. The standard InChI is InChI=1S/C13H18F3N3O/c1-17-11-6-10(13(14,15)16)7-12(19-11)18-4-5-20-8-9-2-3-9/h6-7,9H,2-5,8H2,1H3,(H2,17,18,19). The molecule has 0 bridgehead atoms. The van der Waals surface area contributed by atoms with E-state index in [4.69, 9.17) is 4.74 Å². The Balaban J connectivity index is 1.88. The van der Waals surface area contributed by atoms with E-state index < -0.39 is 11.7 Å². The van der Waals surface area contributed by atoms with Crippen LogP contribution >= 0.6 is 0 Å². The van der Waals surface area contributed by atoms with Crippen LogP contribution in [-0.4, -0.2) is 31.8 Å². The molecule has 1 aliphatic carbocycles. The largest absolute Gasteiger partial charge is 0.416 e. The fraction of sp³-hybridized carbons (Fsp3) is 0.615. The maximum Gasteiger partial charge on any atom is 0.416 e. The zero-order chi connectivity index (χ0) is 14.6. The van der Waals surface area contributed by atoms with E-state index in [1.54, 1.807) is 0 Å². The Bertz CT molecular complexity index is 447. The maximum atomic E-state index is 12.7. The van der Waals surface area contributed by atoms with Crippen molar-refractivity contribution in [3.05, 3.63) is 17.7 Å². The van der Waals surface area contributed by atoms with Crippen LogP contribution in [0.5, 0.6) is 0 Å². The molecule has 20 heavy (non-hydrogen) atoms. The first-order valence-electron chi connectivity index (χ1n) is 6.57. The van der Waals surface area contributed by atoms with Crippen LogP contribution in [0.4, 0.5) is 24.8 Å². The Kier molecular flexibility index (Phi) is 4.69. The second-order valence-electron chi connectivity index (χ2n) is 4.82. The summed E-state index contributed by atoms with van der Waals surface area (Å²) in [6.45, 7) is 1.63. The van der Waals surface area contributed by atoms with Gasteiger partial charge >= 0.3 is 6.18 Å². The summed E-state index contributed by atoms with van der Waals surface area (Å²) in [7, 11) is 1.53. The number of anilines is 2. The highest BCUT2D eigenvalue weighted by Gasteiger charge is 2.31. The highest BCUT2D eigenvalue weighted by Crippen LogP contribution is 2.32. The van der Waals surface area contributed by atoms with Gasteiger partial charge in [-0.2, -0.15) is 13.2 Å². The van der Waals surface area contributed by atoms with E-state index in [2.05, 4.69) is 15.6 Å². The van der Waals surface area contributed by atoms with Gasteiger partial charge in [-0.15, -0.1) is 0 Å². The minimum Gasteiger partial charge on any atom is -0.379 e. The van der Waals surface area contributed by atoms with Gasteiger partial charge in [0, 0.05) is 20.2 Å². The molecular formula is C13H18F3N3O. The van der Waals surface area contributed by atoms with E-state index in [0.29, 0.717) is 19.1 Å².